The molecular formula is C14H22FNO2. The van der Waals surface area contributed by atoms with Crippen molar-refractivity contribution in [3.05, 3.63) is 29.6 Å². The van der Waals surface area contributed by atoms with Crippen LogP contribution < -0.4 is 4.90 Å². The van der Waals surface area contributed by atoms with Crippen molar-refractivity contribution in [2.45, 2.75) is 32.9 Å². The maximum absolute atomic E-state index is 14.1. The fourth-order valence-electron chi connectivity index (χ4n) is 2.07. The van der Waals surface area contributed by atoms with E-state index in [1.807, 2.05) is 18.7 Å². The van der Waals surface area contributed by atoms with Gasteiger partial charge >= 0.3 is 0 Å². The molecule has 0 saturated heterocycles. The van der Waals surface area contributed by atoms with E-state index in [0.29, 0.717) is 24.4 Å². The number of ether oxygens (including phenoxy) is 1. The van der Waals surface area contributed by atoms with Crippen LogP contribution in [0.3, 0.4) is 0 Å². The molecule has 18 heavy (non-hydrogen) atoms. The van der Waals surface area contributed by atoms with Crippen molar-refractivity contribution in [1.29, 1.82) is 0 Å². The van der Waals surface area contributed by atoms with Gasteiger partial charge in [0.2, 0.25) is 0 Å². The second-order valence-electron chi connectivity index (χ2n) is 4.48. The SMILES string of the molecule is CCN(c1ccc(C(C)O)cc1F)C(C)COC. The lowest BCUT2D eigenvalue weighted by Crippen LogP contribution is -2.36. The Bertz CT molecular complexity index is 382. The summed E-state index contributed by atoms with van der Waals surface area (Å²) in [5.41, 5.74) is 1.14. The molecular weight excluding hydrogens is 233 g/mol. The van der Waals surface area contributed by atoms with Gasteiger partial charge in [-0.3, -0.25) is 0 Å². The highest BCUT2D eigenvalue weighted by Gasteiger charge is 2.17. The van der Waals surface area contributed by atoms with Crippen LogP contribution in [-0.4, -0.2) is 31.4 Å². The summed E-state index contributed by atoms with van der Waals surface area (Å²) in [4.78, 5) is 1.95. The standard InChI is InChI=1S/C14H22FNO2/c1-5-16(10(2)9-18-4)14-7-6-12(11(3)17)8-13(14)15/h6-8,10-11,17H,5,9H2,1-4H3. The lowest BCUT2D eigenvalue weighted by atomic mass is 10.1. The number of aliphatic hydroxyl groups excluding tert-OH is 1. The van der Waals surface area contributed by atoms with E-state index in [4.69, 9.17) is 4.74 Å². The molecule has 1 N–H and O–H groups in total. The van der Waals surface area contributed by atoms with Gasteiger partial charge in [0, 0.05) is 19.7 Å². The van der Waals surface area contributed by atoms with E-state index in [2.05, 4.69) is 0 Å². The molecule has 1 aromatic rings. The van der Waals surface area contributed by atoms with Gasteiger partial charge in [-0.25, -0.2) is 4.39 Å². The molecule has 0 aliphatic heterocycles. The Balaban J connectivity index is 2.99. The number of likely N-dealkylation sites (N-methyl/N-ethyl adjacent to an activating group) is 1. The predicted molar refractivity (Wildman–Crippen MR) is 71.4 cm³/mol. The summed E-state index contributed by atoms with van der Waals surface area (Å²) in [6.45, 7) is 6.85. The number of halogens is 1. The zero-order valence-electron chi connectivity index (χ0n) is 11.5. The Morgan fingerprint density at radius 3 is 2.50 bits per heavy atom. The minimum absolute atomic E-state index is 0.104. The van der Waals surface area contributed by atoms with Crippen LogP contribution in [0.1, 0.15) is 32.4 Å². The van der Waals surface area contributed by atoms with Gasteiger partial charge in [-0.1, -0.05) is 6.07 Å². The molecule has 0 radical (unpaired) electrons. The molecule has 3 nitrogen and oxygen atoms in total. The maximum Gasteiger partial charge on any atom is 0.146 e. The third-order valence-electron chi connectivity index (χ3n) is 3.04. The Labute approximate surface area is 108 Å². The third-order valence-corrected chi connectivity index (χ3v) is 3.04. The molecule has 0 aromatic heterocycles. The number of hydrogen-bond donors (Lipinski definition) is 1. The molecule has 0 bridgehead atoms. The van der Waals surface area contributed by atoms with Gasteiger partial charge in [0.1, 0.15) is 5.82 Å². The highest BCUT2D eigenvalue weighted by molar-refractivity contribution is 5.50. The van der Waals surface area contributed by atoms with Crippen LogP contribution in [-0.2, 0) is 4.74 Å². The summed E-state index contributed by atoms with van der Waals surface area (Å²) in [5.74, 6) is -0.307. The molecule has 0 saturated carbocycles. The van der Waals surface area contributed by atoms with Crippen molar-refractivity contribution in [1.82, 2.24) is 0 Å². The molecule has 2 atom stereocenters. The number of nitrogens with zero attached hydrogens (tertiary/aromatic N) is 1. The number of benzene rings is 1. The smallest absolute Gasteiger partial charge is 0.146 e. The molecule has 1 aromatic carbocycles. The van der Waals surface area contributed by atoms with Gasteiger partial charge < -0.3 is 14.7 Å². The van der Waals surface area contributed by atoms with E-state index < -0.39 is 6.10 Å². The van der Waals surface area contributed by atoms with E-state index in [9.17, 15) is 9.50 Å². The number of anilines is 1. The average Bonchev–Trinajstić information content (AvgIpc) is 2.32. The van der Waals surface area contributed by atoms with Crippen molar-refractivity contribution in [2.24, 2.45) is 0 Å². The van der Waals surface area contributed by atoms with Gasteiger partial charge in [-0.05, 0) is 38.5 Å². The maximum atomic E-state index is 14.1. The number of rotatable bonds is 6. The van der Waals surface area contributed by atoms with Gasteiger partial charge in [-0.2, -0.15) is 0 Å². The first kappa shape index (κ1) is 14.9. The minimum atomic E-state index is -0.653. The van der Waals surface area contributed by atoms with E-state index >= 15 is 0 Å². The molecule has 0 amide bonds. The molecule has 4 heteroatoms. The molecule has 1 rings (SSSR count). The summed E-state index contributed by atoms with van der Waals surface area (Å²) < 4.78 is 19.2. The van der Waals surface area contributed by atoms with Crippen LogP contribution in [0.15, 0.2) is 18.2 Å². The molecule has 0 spiro atoms. The lowest BCUT2D eigenvalue weighted by molar-refractivity contribution is 0.181. The summed E-state index contributed by atoms with van der Waals surface area (Å²) in [7, 11) is 1.64. The molecule has 0 heterocycles. The molecule has 0 fully saturated rings. The summed E-state index contributed by atoms with van der Waals surface area (Å²) in [5, 5.41) is 9.43. The lowest BCUT2D eigenvalue weighted by Gasteiger charge is -2.30. The first-order valence-electron chi connectivity index (χ1n) is 6.24. The van der Waals surface area contributed by atoms with Crippen molar-refractivity contribution in [2.75, 3.05) is 25.2 Å². The summed E-state index contributed by atoms with van der Waals surface area (Å²) >= 11 is 0. The second kappa shape index (κ2) is 6.71. The van der Waals surface area contributed by atoms with E-state index in [-0.39, 0.29) is 11.9 Å². The normalized spacial score (nSPS) is 14.3. The van der Waals surface area contributed by atoms with Crippen LogP contribution in [0.5, 0.6) is 0 Å². The Morgan fingerprint density at radius 1 is 1.39 bits per heavy atom. The summed E-state index contributed by atoms with van der Waals surface area (Å²) in [6, 6.07) is 4.97. The predicted octanol–water partition coefficient (Wildman–Crippen LogP) is 2.74. The van der Waals surface area contributed by atoms with E-state index in [0.717, 1.165) is 0 Å². The Morgan fingerprint density at radius 2 is 2.06 bits per heavy atom. The number of aliphatic hydroxyl groups is 1. The quantitative estimate of drug-likeness (QED) is 0.848. The number of hydrogen-bond acceptors (Lipinski definition) is 3. The van der Waals surface area contributed by atoms with Gasteiger partial charge in [0.05, 0.1) is 18.4 Å². The zero-order valence-corrected chi connectivity index (χ0v) is 11.5. The van der Waals surface area contributed by atoms with Crippen LogP contribution in [0.2, 0.25) is 0 Å². The van der Waals surface area contributed by atoms with Crippen molar-refractivity contribution < 1.29 is 14.2 Å². The number of methoxy groups -OCH3 is 1. The first-order valence-corrected chi connectivity index (χ1v) is 6.24. The van der Waals surface area contributed by atoms with Gasteiger partial charge in [-0.15, -0.1) is 0 Å². The Hall–Kier alpha value is -1.13. The molecule has 102 valence electrons. The fraction of sp³-hybridized carbons (Fsp3) is 0.571. The zero-order chi connectivity index (χ0) is 13.7. The van der Waals surface area contributed by atoms with Crippen LogP contribution in [0.4, 0.5) is 10.1 Å². The van der Waals surface area contributed by atoms with Crippen LogP contribution in [0, 0.1) is 5.82 Å². The van der Waals surface area contributed by atoms with Gasteiger partial charge in [0.15, 0.2) is 0 Å². The van der Waals surface area contributed by atoms with E-state index in [1.54, 1.807) is 26.2 Å². The van der Waals surface area contributed by atoms with Crippen LogP contribution >= 0.6 is 0 Å². The highest BCUT2D eigenvalue weighted by Crippen LogP contribution is 2.25. The molecule has 0 aliphatic carbocycles. The topological polar surface area (TPSA) is 32.7 Å². The fourth-order valence-corrected chi connectivity index (χ4v) is 2.07. The highest BCUT2D eigenvalue weighted by atomic mass is 19.1. The monoisotopic (exact) mass is 255 g/mol. The first-order chi connectivity index (χ1) is 8.51. The average molecular weight is 255 g/mol. The van der Waals surface area contributed by atoms with Crippen molar-refractivity contribution in [3.8, 4) is 0 Å². The third kappa shape index (κ3) is 3.43. The van der Waals surface area contributed by atoms with Crippen LogP contribution in [0.25, 0.3) is 0 Å². The molecule has 2 unspecified atom stereocenters. The van der Waals surface area contributed by atoms with Gasteiger partial charge in [0.25, 0.3) is 0 Å². The molecule has 0 aliphatic rings. The van der Waals surface area contributed by atoms with Crippen molar-refractivity contribution in [3.63, 3.8) is 0 Å². The van der Waals surface area contributed by atoms with Crippen molar-refractivity contribution >= 4 is 5.69 Å². The second-order valence-corrected chi connectivity index (χ2v) is 4.48. The largest absolute Gasteiger partial charge is 0.389 e. The van der Waals surface area contributed by atoms with E-state index in [1.165, 1.54) is 6.07 Å². The Kier molecular flexibility index (Phi) is 5.56. The minimum Gasteiger partial charge on any atom is -0.389 e. The summed E-state index contributed by atoms with van der Waals surface area (Å²) in [6.07, 6.45) is -0.653.